The Morgan fingerprint density at radius 1 is 0.968 bits per heavy atom. The van der Waals surface area contributed by atoms with E-state index in [4.69, 9.17) is 0 Å². The van der Waals surface area contributed by atoms with Crippen LogP contribution >= 0.6 is 0 Å². The number of aryl methyl sites for hydroxylation is 1. The minimum Gasteiger partial charge on any atom is -0.352 e. The molecule has 4 rings (SSSR count). The molecule has 0 aliphatic carbocycles. The van der Waals surface area contributed by atoms with E-state index in [2.05, 4.69) is 5.32 Å². The van der Waals surface area contributed by atoms with Crippen molar-refractivity contribution in [3.05, 3.63) is 65.7 Å². The number of rotatable bonds is 5. The van der Waals surface area contributed by atoms with E-state index in [1.54, 1.807) is 4.90 Å². The highest BCUT2D eigenvalue weighted by molar-refractivity contribution is 6.00. The number of carbonyl (C=O) groups is 3. The van der Waals surface area contributed by atoms with Crippen LogP contribution < -0.4 is 10.2 Å². The second kappa shape index (κ2) is 9.33. The topological polar surface area (TPSA) is 69.7 Å². The normalized spacial score (nSPS) is 19.5. The number of piperidine rings is 1. The lowest BCUT2D eigenvalue weighted by molar-refractivity contribution is -0.139. The van der Waals surface area contributed by atoms with E-state index in [-0.39, 0.29) is 36.0 Å². The fraction of sp³-hybridized carbons (Fsp3) is 0.400. The largest absolute Gasteiger partial charge is 0.352 e. The third kappa shape index (κ3) is 4.95. The van der Waals surface area contributed by atoms with Crippen molar-refractivity contribution in [3.8, 4) is 0 Å². The summed E-state index contributed by atoms with van der Waals surface area (Å²) < 4.78 is 0. The lowest BCUT2D eigenvalue weighted by Gasteiger charge is -2.33. The van der Waals surface area contributed by atoms with Crippen LogP contribution in [0.25, 0.3) is 0 Å². The molecule has 2 saturated heterocycles. The van der Waals surface area contributed by atoms with Crippen LogP contribution in [0.5, 0.6) is 0 Å². The Morgan fingerprint density at radius 3 is 2.32 bits per heavy atom. The highest BCUT2D eigenvalue weighted by Crippen LogP contribution is 2.28. The molecule has 6 nitrogen and oxygen atoms in total. The van der Waals surface area contributed by atoms with Crippen molar-refractivity contribution in [2.75, 3.05) is 24.5 Å². The van der Waals surface area contributed by atoms with E-state index in [1.165, 1.54) is 5.56 Å². The lowest BCUT2D eigenvalue weighted by atomic mass is 9.94. The molecular formula is C25H29N3O3. The number of hydrogen-bond donors (Lipinski definition) is 1. The SMILES string of the molecule is Cc1ccc(CNC(=O)C2CCN(C(=O)C3CC(=O)N(c4ccccc4)C3)CC2)cc1. The minimum atomic E-state index is -0.306. The van der Waals surface area contributed by atoms with Crippen LogP contribution in [0.15, 0.2) is 54.6 Å². The first-order valence-corrected chi connectivity index (χ1v) is 11.0. The van der Waals surface area contributed by atoms with Crippen LogP contribution in [0.1, 0.15) is 30.4 Å². The van der Waals surface area contributed by atoms with Crippen LogP contribution in [-0.2, 0) is 20.9 Å². The van der Waals surface area contributed by atoms with Gasteiger partial charge in [-0.25, -0.2) is 0 Å². The highest BCUT2D eigenvalue weighted by Gasteiger charge is 2.38. The van der Waals surface area contributed by atoms with Gasteiger partial charge in [0.05, 0.1) is 5.92 Å². The van der Waals surface area contributed by atoms with Crippen molar-refractivity contribution in [3.63, 3.8) is 0 Å². The second-order valence-electron chi connectivity index (χ2n) is 8.54. The van der Waals surface area contributed by atoms with Gasteiger partial charge in [0.1, 0.15) is 0 Å². The first-order chi connectivity index (χ1) is 15.0. The van der Waals surface area contributed by atoms with Gasteiger partial charge in [-0.05, 0) is 37.5 Å². The number of para-hydroxylation sites is 1. The van der Waals surface area contributed by atoms with E-state index in [0.717, 1.165) is 11.3 Å². The predicted octanol–water partition coefficient (Wildman–Crippen LogP) is 2.90. The van der Waals surface area contributed by atoms with Crippen LogP contribution in [-0.4, -0.2) is 42.3 Å². The van der Waals surface area contributed by atoms with E-state index >= 15 is 0 Å². The molecule has 162 valence electrons. The maximum atomic E-state index is 13.0. The van der Waals surface area contributed by atoms with Crippen molar-refractivity contribution in [2.24, 2.45) is 11.8 Å². The Kier molecular flexibility index (Phi) is 6.35. The number of carbonyl (C=O) groups excluding carboxylic acids is 3. The van der Waals surface area contributed by atoms with Crippen molar-refractivity contribution in [1.29, 1.82) is 0 Å². The molecule has 0 bridgehead atoms. The summed E-state index contributed by atoms with van der Waals surface area (Å²) in [6.07, 6.45) is 1.58. The van der Waals surface area contributed by atoms with Crippen molar-refractivity contribution in [2.45, 2.75) is 32.7 Å². The van der Waals surface area contributed by atoms with Crippen LogP contribution in [0, 0.1) is 18.8 Å². The van der Waals surface area contributed by atoms with Gasteiger partial charge in [-0.3, -0.25) is 14.4 Å². The van der Waals surface area contributed by atoms with Crippen LogP contribution in [0.2, 0.25) is 0 Å². The van der Waals surface area contributed by atoms with Crippen molar-refractivity contribution in [1.82, 2.24) is 10.2 Å². The van der Waals surface area contributed by atoms with Gasteiger partial charge in [0.15, 0.2) is 0 Å². The molecule has 1 unspecified atom stereocenters. The molecule has 0 aromatic heterocycles. The molecule has 2 heterocycles. The average molecular weight is 420 g/mol. The molecule has 2 aromatic carbocycles. The molecule has 2 aromatic rings. The molecule has 2 aliphatic rings. The standard InChI is InChI=1S/C25H29N3O3/c1-18-7-9-19(10-8-18)16-26-24(30)20-11-13-27(14-12-20)25(31)21-15-23(29)28(17-21)22-5-3-2-4-6-22/h2-10,20-21H,11-17H2,1H3,(H,26,30). The maximum absolute atomic E-state index is 13.0. The zero-order chi connectivity index (χ0) is 21.8. The van der Waals surface area contributed by atoms with Crippen LogP contribution in [0.3, 0.4) is 0 Å². The molecule has 6 heteroatoms. The lowest BCUT2D eigenvalue weighted by Crippen LogP contribution is -2.45. The van der Waals surface area contributed by atoms with Gasteiger partial charge in [0, 0.05) is 44.2 Å². The summed E-state index contributed by atoms with van der Waals surface area (Å²) in [5.41, 5.74) is 3.12. The summed E-state index contributed by atoms with van der Waals surface area (Å²) in [5.74, 6) is -0.292. The van der Waals surface area contributed by atoms with Gasteiger partial charge in [0.25, 0.3) is 0 Å². The average Bonchev–Trinajstić information content (AvgIpc) is 3.20. The van der Waals surface area contributed by atoms with E-state index in [1.807, 2.05) is 66.4 Å². The van der Waals surface area contributed by atoms with Crippen molar-refractivity contribution < 1.29 is 14.4 Å². The summed E-state index contributed by atoms with van der Waals surface area (Å²) in [5, 5.41) is 3.02. The Morgan fingerprint density at radius 2 is 1.65 bits per heavy atom. The highest BCUT2D eigenvalue weighted by atomic mass is 16.2. The molecule has 1 N–H and O–H groups in total. The molecular weight excluding hydrogens is 390 g/mol. The molecule has 3 amide bonds. The number of benzene rings is 2. The van der Waals surface area contributed by atoms with Gasteiger partial charge in [-0.1, -0.05) is 48.0 Å². The Labute approximate surface area is 183 Å². The fourth-order valence-corrected chi connectivity index (χ4v) is 4.39. The Bertz CT molecular complexity index is 934. The summed E-state index contributed by atoms with van der Waals surface area (Å²) in [6, 6.07) is 17.6. The summed E-state index contributed by atoms with van der Waals surface area (Å²) in [6.45, 7) is 4.13. The molecule has 2 fully saturated rings. The molecule has 0 spiro atoms. The van der Waals surface area contributed by atoms with Crippen LogP contribution in [0.4, 0.5) is 5.69 Å². The molecule has 0 radical (unpaired) electrons. The number of nitrogens with one attached hydrogen (secondary N) is 1. The summed E-state index contributed by atoms with van der Waals surface area (Å²) in [7, 11) is 0. The fourth-order valence-electron chi connectivity index (χ4n) is 4.39. The quantitative estimate of drug-likeness (QED) is 0.810. The summed E-state index contributed by atoms with van der Waals surface area (Å²) in [4.78, 5) is 41.5. The van der Waals surface area contributed by atoms with E-state index < -0.39 is 0 Å². The van der Waals surface area contributed by atoms with Gasteiger partial charge in [0.2, 0.25) is 17.7 Å². The first kappa shape index (κ1) is 21.1. The van der Waals surface area contributed by atoms with Gasteiger partial charge < -0.3 is 15.1 Å². The third-order valence-electron chi connectivity index (χ3n) is 6.31. The van der Waals surface area contributed by atoms with Gasteiger partial charge in [-0.2, -0.15) is 0 Å². The minimum absolute atomic E-state index is 0.00470. The third-order valence-corrected chi connectivity index (χ3v) is 6.31. The first-order valence-electron chi connectivity index (χ1n) is 11.0. The number of amides is 3. The predicted molar refractivity (Wildman–Crippen MR) is 119 cm³/mol. The van der Waals surface area contributed by atoms with Crippen molar-refractivity contribution >= 4 is 23.4 Å². The monoisotopic (exact) mass is 419 g/mol. The zero-order valence-electron chi connectivity index (χ0n) is 17.9. The van der Waals surface area contributed by atoms with Gasteiger partial charge >= 0.3 is 0 Å². The smallest absolute Gasteiger partial charge is 0.228 e. The molecule has 1 atom stereocenters. The number of anilines is 1. The molecule has 31 heavy (non-hydrogen) atoms. The Balaban J connectivity index is 1.25. The summed E-state index contributed by atoms with van der Waals surface area (Å²) >= 11 is 0. The number of nitrogens with zero attached hydrogens (tertiary/aromatic N) is 2. The molecule has 0 saturated carbocycles. The number of hydrogen-bond acceptors (Lipinski definition) is 3. The Hall–Kier alpha value is -3.15. The maximum Gasteiger partial charge on any atom is 0.228 e. The van der Waals surface area contributed by atoms with E-state index in [9.17, 15) is 14.4 Å². The number of likely N-dealkylation sites (tertiary alicyclic amines) is 1. The molecule has 2 aliphatic heterocycles. The van der Waals surface area contributed by atoms with Gasteiger partial charge in [-0.15, -0.1) is 0 Å². The van der Waals surface area contributed by atoms with E-state index in [0.29, 0.717) is 39.0 Å². The zero-order valence-corrected chi connectivity index (χ0v) is 17.9. The second-order valence-corrected chi connectivity index (χ2v) is 8.54.